The van der Waals surface area contributed by atoms with Crippen LogP contribution in [-0.2, 0) is 14.8 Å². The molecule has 24 heavy (non-hydrogen) atoms. The summed E-state index contributed by atoms with van der Waals surface area (Å²) in [4.78, 5) is 14.1. The molecule has 2 rings (SSSR count). The van der Waals surface area contributed by atoms with Crippen molar-refractivity contribution in [1.82, 2.24) is 9.21 Å². The molecule has 2 heterocycles. The zero-order valence-corrected chi connectivity index (χ0v) is 16.9. The molecule has 0 aromatic carbocycles. The van der Waals surface area contributed by atoms with Crippen LogP contribution in [0.2, 0.25) is 4.34 Å². The summed E-state index contributed by atoms with van der Waals surface area (Å²) in [7, 11) is -3.54. The minimum absolute atomic E-state index is 0. The van der Waals surface area contributed by atoms with Crippen molar-refractivity contribution < 1.29 is 13.2 Å². The number of halogens is 2. The predicted octanol–water partition coefficient (Wildman–Crippen LogP) is 2.17. The Labute approximate surface area is 158 Å². The summed E-state index contributed by atoms with van der Waals surface area (Å²) in [5.41, 5.74) is 5.19. The summed E-state index contributed by atoms with van der Waals surface area (Å²) in [6.45, 7) is 4.96. The van der Waals surface area contributed by atoms with Crippen molar-refractivity contribution in [3.63, 3.8) is 0 Å². The summed E-state index contributed by atoms with van der Waals surface area (Å²) in [6.07, 6.45) is 1.43. The minimum atomic E-state index is -3.54. The Bertz CT molecular complexity index is 669. The highest BCUT2D eigenvalue weighted by molar-refractivity contribution is 7.91. The Morgan fingerprint density at radius 2 is 1.92 bits per heavy atom. The number of sulfonamides is 1. The highest BCUT2D eigenvalue weighted by Gasteiger charge is 2.36. The lowest BCUT2D eigenvalue weighted by atomic mass is 9.95. The molecule has 0 bridgehead atoms. The zero-order valence-electron chi connectivity index (χ0n) is 13.7. The lowest BCUT2D eigenvalue weighted by Gasteiger charge is -2.37. The van der Waals surface area contributed by atoms with Crippen LogP contribution in [0.25, 0.3) is 0 Å². The molecule has 0 radical (unpaired) electrons. The van der Waals surface area contributed by atoms with Crippen LogP contribution >= 0.6 is 35.3 Å². The lowest BCUT2D eigenvalue weighted by molar-refractivity contribution is -0.137. The van der Waals surface area contributed by atoms with Gasteiger partial charge in [-0.05, 0) is 25.5 Å². The van der Waals surface area contributed by atoms with E-state index in [4.69, 9.17) is 17.3 Å². The average molecular weight is 416 g/mol. The van der Waals surface area contributed by atoms with Gasteiger partial charge >= 0.3 is 0 Å². The van der Waals surface area contributed by atoms with Gasteiger partial charge in [0.05, 0.1) is 9.88 Å². The number of rotatable bonds is 5. The molecule has 0 spiro atoms. The fourth-order valence-electron chi connectivity index (χ4n) is 2.68. The summed E-state index contributed by atoms with van der Waals surface area (Å²) >= 11 is 6.86. The molecule has 1 saturated heterocycles. The van der Waals surface area contributed by atoms with Gasteiger partial charge in [0.25, 0.3) is 10.0 Å². The number of thiophene rings is 1. The first kappa shape index (κ1) is 21.7. The maximum atomic E-state index is 12.5. The Hall–Kier alpha value is -0.380. The summed E-state index contributed by atoms with van der Waals surface area (Å²) in [5, 5.41) is 0. The number of hydrogen-bond acceptors (Lipinski definition) is 5. The third-order valence-electron chi connectivity index (χ3n) is 3.93. The summed E-state index contributed by atoms with van der Waals surface area (Å²) in [6, 6.07) is 3.08. The smallest absolute Gasteiger partial charge is 0.252 e. The number of carbonyl (C=O) groups is 1. The van der Waals surface area contributed by atoms with E-state index in [1.165, 1.54) is 10.4 Å². The van der Waals surface area contributed by atoms with Crippen molar-refractivity contribution in [1.29, 1.82) is 0 Å². The van der Waals surface area contributed by atoms with Crippen LogP contribution in [0.5, 0.6) is 0 Å². The van der Waals surface area contributed by atoms with E-state index in [1.807, 2.05) is 6.92 Å². The van der Waals surface area contributed by atoms with E-state index in [0.29, 0.717) is 23.8 Å². The third-order valence-corrected chi connectivity index (χ3v) is 7.52. The van der Waals surface area contributed by atoms with E-state index in [2.05, 4.69) is 0 Å². The van der Waals surface area contributed by atoms with Crippen molar-refractivity contribution in [2.45, 2.75) is 36.4 Å². The van der Waals surface area contributed by atoms with Crippen LogP contribution in [0, 0.1) is 0 Å². The van der Waals surface area contributed by atoms with Gasteiger partial charge in [0.1, 0.15) is 4.21 Å². The van der Waals surface area contributed by atoms with Gasteiger partial charge in [0.2, 0.25) is 5.91 Å². The van der Waals surface area contributed by atoms with Crippen molar-refractivity contribution in [2.75, 3.05) is 26.2 Å². The van der Waals surface area contributed by atoms with Crippen molar-refractivity contribution in [3.05, 3.63) is 16.5 Å². The molecule has 1 unspecified atom stereocenters. The SMILES string of the molecule is CCCC(C)(N)C(=O)N1CCN(S(=O)(=O)c2ccc(Cl)s2)CC1.Cl. The second-order valence-electron chi connectivity index (χ2n) is 5.92. The molecular weight excluding hydrogens is 393 g/mol. The molecule has 1 amide bonds. The topological polar surface area (TPSA) is 83.7 Å². The van der Waals surface area contributed by atoms with Crippen LogP contribution in [0.15, 0.2) is 16.3 Å². The Morgan fingerprint density at radius 1 is 1.33 bits per heavy atom. The number of hydrogen-bond donors (Lipinski definition) is 1. The lowest BCUT2D eigenvalue weighted by Crippen LogP contribution is -2.58. The predicted molar refractivity (Wildman–Crippen MR) is 99.4 cm³/mol. The Balaban J connectivity index is 0.00000288. The monoisotopic (exact) mass is 415 g/mol. The van der Waals surface area contributed by atoms with Crippen molar-refractivity contribution in [3.8, 4) is 0 Å². The molecule has 1 atom stereocenters. The van der Waals surface area contributed by atoms with Gasteiger partial charge in [0.15, 0.2) is 0 Å². The second kappa shape index (κ2) is 8.33. The highest BCUT2D eigenvalue weighted by atomic mass is 35.5. The zero-order chi connectivity index (χ0) is 17.3. The van der Waals surface area contributed by atoms with E-state index in [9.17, 15) is 13.2 Å². The van der Waals surface area contributed by atoms with E-state index >= 15 is 0 Å². The van der Waals surface area contributed by atoms with Gasteiger partial charge in [-0.3, -0.25) is 4.79 Å². The summed E-state index contributed by atoms with van der Waals surface area (Å²) in [5.74, 6) is -0.115. The quantitative estimate of drug-likeness (QED) is 0.798. The second-order valence-corrected chi connectivity index (χ2v) is 9.80. The maximum Gasteiger partial charge on any atom is 0.252 e. The first-order valence-corrected chi connectivity index (χ1v) is 10.2. The highest BCUT2D eigenvalue weighted by Crippen LogP contribution is 2.28. The molecule has 0 aliphatic carbocycles. The molecule has 1 fully saturated rings. The van der Waals surface area contributed by atoms with E-state index in [1.54, 1.807) is 17.9 Å². The van der Waals surface area contributed by atoms with Crippen LogP contribution in [0.1, 0.15) is 26.7 Å². The molecule has 2 N–H and O–H groups in total. The molecule has 1 aromatic rings. The molecule has 138 valence electrons. The van der Waals surface area contributed by atoms with Crippen LogP contribution in [-0.4, -0.2) is 55.2 Å². The first-order chi connectivity index (χ1) is 10.7. The average Bonchev–Trinajstić information content (AvgIpc) is 2.94. The largest absolute Gasteiger partial charge is 0.338 e. The number of nitrogens with two attached hydrogens (primary N) is 1. The van der Waals surface area contributed by atoms with Gasteiger partial charge in [-0.15, -0.1) is 23.7 Å². The van der Waals surface area contributed by atoms with Crippen LogP contribution in [0.4, 0.5) is 0 Å². The van der Waals surface area contributed by atoms with Gasteiger partial charge in [0, 0.05) is 26.2 Å². The molecule has 1 aliphatic rings. The van der Waals surface area contributed by atoms with Gasteiger partial charge < -0.3 is 10.6 Å². The van der Waals surface area contributed by atoms with Gasteiger partial charge in [-0.1, -0.05) is 24.9 Å². The summed E-state index contributed by atoms with van der Waals surface area (Å²) < 4.78 is 27.1. The Morgan fingerprint density at radius 3 is 2.38 bits per heavy atom. The first-order valence-electron chi connectivity index (χ1n) is 7.52. The molecule has 1 aromatic heterocycles. The molecule has 0 saturated carbocycles. The third kappa shape index (κ3) is 4.62. The van der Waals surface area contributed by atoms with Crippen LogP contribution in [0.3, 0.4) is 0 Å². The van der Waals surface area contributed by atoms with E-state index in [-0.39, 0.29) is 35.6 Å². The number of nitrogens with zero attached hydrogens (tertiary/aromatic N) is 2. The molecular formula is C14H23Cl2N3O3S2. The van der Waals surface area contributed by atoms with Crippen molar-refractivity contribution in [2.24, 2.45) is 5.73 Å². The number of amides is 1. The molecule has 10 heteroatoms. The maximum absolute atomic E-state index is 12.5. The molecule has 1 aliphatic heterocycles. The normalized spacial score (nSPS) is 18.8. The molecule has 6 nitrogen and oxygen atoms in total. The van der Waals surface area contributed by atoms with E-state index in [0.717, 1.165) is 17.8 Å². The van der Waals surface area contributed by atoms with Gasteiger partial charge in [-0.25, -0.2) is 8.42 Å². The van der Waals surface area contributed by atoms with Gasteiger partial charge in [-0.2, -0.15) is 4.31 Å². The standard InChI is InChI=1S/C14H22ClN3O3S2.ClH/c1-3-6-14(2,16)13(19)17-7-9-18(10-8-17)23(20,21)12-5-4-11(15)22-12;/h4-5H,3,6-10,16H2,1-2H3;1H. The van der Waals surface area contributed by atoms with E-state index < -0.39 is 15.6 Å². The Kier molecular flexibility index (Phi) is 7.52. The van der Waals surface area contributed by atoms with Crippen molar-refractivity contribution >= 4 is 51.3 Å². The number of piperazine rings is 1. The fourth-order valence-corrected chi connectivity index (χ4v) is 5.74. The fraction of sp³-hybridized carbons (Fsp3) is 0.643. The van der Waals surface area contributed by atoms with Crippen LogP contribution < -0.4 is 5.73 Å². The minimum Gasteiger partial charge on any atom is -0.338 e. The number of carbonyl (C=O) groups excluding carboxylic acids is 1.